The summed E-state index contributed by atoms with van der Waals surface area (Å²) >= 11 is 0. The van der Waals surface area contributed by atoms with E-state index >= 15 is 0 Å². The number of nitrogens with one attached hydrogen (secondary N) is 1. The Morgan fingerprint density at radius 3 is 2.95 bits per heavy atom. The lowest BCUT2D eigenvalue weighted by atomic mass is 9.97. The van der Waals surface area contributed by atoms with Gasteiger partial charge in [-0.1, -0.05) is 13.5 Å². The number of hydrogen-bond acceptors (Lipinski definition) is 5. The number of aromatic nitrogens is 4. The zero-order chi connectivity index (χ0) is 14.2. The molecule has 4 N–H and O–H groups in total. The molecule has 0 radical (unpaired) electrons. The van der Waals surface area contributed by atoms with Gasteiger partial charge in [0.2, 0.25) is 5.95 Å². The molecule has 0 spiro atoms. The third-order valence-corrected chi connectivity index (χ3v) is 3.31. The van der Waals surface area contributed by atoms with Gasteiger partial charge in [-0.05, 0) is 12.5 Å². The van der Waals surface area contributed by atoms with Crippen molar-refractivity contribution in [3.05, 3.63) is 28.8 Å². The molecule has 19 heavy (non-hydrogen) atoms. The van der Waals surface area contributed by atoms with Crippen LogP contribution < -0.4 is 11.3 Å². The first-order valence-corrected chi connectivity index (χ1v) is 5.97. The molecule has 0 bridgehead atoms. The van der Waals surface area contributed by atoms with E-state index in [9.17, 15) is 9.90 Å². The average molecular weight is 263 g/mol. The van der Waals surface area contributed by atoms with Crippen molar-refractivity contribution in [2.75, 3.05) is 12.3 Å². The third kappa shape index (κ3) is 2.24. The van der Waals surface area contributed by atoms with Crippen molar-refractivity contribution >= 4 is 17.1 Å². The number of aromatic amines is 1. The number of anilines is 1. The molecule has 0 aliphatic heterocycles. The van der Waals surface area contributed by atoms with Crippen LogP contribution in [-0.4, -0.2) is 31.2 Å². The average Bonchev–Trinajstić information content (AvgIpc) is 2.79. The number of rotatable bonds is 4. The molecule has 0 saturated carbocycles. The maximum atomic E-state index is 11.7. The molecule has 0 saturated heterocycles. The number of nitrogens with zero attached hydrogens (tertiary/aromatic N) is 3. The van der Waals surface area contributed by atoms with Crippen LogP contribution in [0.3, 0.4) is 0 Å². The number of aliphatic hydroxyl groups is 1. The molecule has 102 valence electrons. The number of aliphatic hydroxyl groups excluding tert-OH is 1. The summed E-state index contributed by atoms with van der Waals surface area (Å²) in [6, 6.07) is -0.138. The van der Waals surface area contributed by atoms with Gasteiger partial charge >= 0.3 is 0 Å². The Hall–Kier alpha value is -2.15. The van der Waals surface area contributed by atoms with Crippen molar-refractivity contribution in [3.8, 4) is 0 Å². The van der Waals surface area contributed by atoms with Crippen LogP contribution in [0.1, 0.15) is 19.9 Å². The van der Waals surface area contributed by atoms with Crippen LogP contribution >= 0.6 is 0 Å². The van der Waals surface area contributed by atoms with Crippen molar-refractivity contribution < 1.29 is 5.11 Å². The minimum absolute atomic E-state index is 0.0198. The number of H-pyrrole nitrogens is 1. The Morgan fingerprint density at radius 1 is 1.63 bits per heavy atom. The maximum absolute atomic E-state index is 11.7. The van der Waals surface area contributed by atoms with Crippen molar-refractivity contribution in [1.29, 1.82) is 0 Å². The molecule has 2 heterocycles. The lowest BCUT2D eigenvalue weighted by Gasteiger charge is -2.20. The van der Waals surface area contributed by atoms with Gasteiger partial charge in [0.05, 0.1) is 12.4 Å². The molecule has 2 atom stereocenters. The summed E-state index contributed by atoms with van der Waals surface area (Å²) in [5.74, 6) is -0.000868. The highest BCUT2D eigenvalue weighted by Crippen LogP contribution is 2.24. The van der Waals surface area contributed by atoms with Crippen LogP contribution in [0.15, 0.2) is 23.3 Å². The molecular weight excluding hydrogens is 246 g/mol. The molecule has 0 unspecified atom stereocenters. The molecule has 0 aliphatic carbocycles. The van der Waals surface area contributed by atoms with E-state index in [1.54, 1.807) is 4.57 Å². The zero-order valence-corrected chi connectivity index (χ0v) is 10.9. The van der Waals surface area contributed by atoms with Crippen LogP contribution in [0.5, 0.6) is 0 Å². The van der Waals surface area contributed by atoms with Crippen LogP contribution in [-0.2, 0) is 0 Å². The molecule has 2 aromatic heterocycles. The highest BCUT2D eigenvalue weighted by Gasteiger charge is 2.18. The molecule has 7 nitrogen and oxygen atoms in total. The van der Waals surface area contributed by atoms with Crippen LogP contribution in [0.4, 0.5) is 5.95 Å². The fourth-order valence-corrected chi connectivity index (χ4v) is 1.93. The minimum atomic E-state index is -0.366. The summed E-state index contributed by atoms with van der Waals surface area (Å²) in [7, 11) is 0. The van der Waals surface area contributed by atoms with Crippen LogP contribution in [0.25, 0.3) is 11.2 Å². The Morgan fingerprint density at radius 2 is 2.32 bits per heavy atom. The Kier molecular flexibility index (Phi) is 3.39. The van der Waals surface area contributed by atoms with Gasteiger partial charge in [0, 0.05) is 12.5 Å². The molecule has 2 rings (SSSR count). The molecule has 0 fully saturated rings. The van der Waals surface area contributed by atoms with Crippen molar-refractivity contribution in [3.63, 3.8) is 0 Å². The second-order valence-corrected chi connectivity index (χ2v) is 4.61. The summed E-state index contributed by atoms with van der Waals surface area (Å²) in [6.07, 6.45) is 1.53. The molecule has 0 amide bonds. The lowest BCUT2D eigenvalue weighted by molar-refractivity contribution is 0.249. The minimum Gasteiger partial charge on any atom is -0.396 e. The van der Waals surface area contributed by atoms with E-state index < -0.39 is 0 Å². The van der Waals surface area contributed by atoms with Crippen molar-refractivity contribution in [1.82, 2.24) is 19.5 Å². The van der Waals surface area contributed by atoms with Gasteiger partial charge in [0.25, 0.3) is 5.56 Å². The number of nitrogen functional groups attached to an aromatic ring is 1. The van der Waals surface area contributed by atoms with E-state index in [0.717, 1.165) is 5.57 Å². The number of hydrogen-bond donors (Lipinski definition) is 3. The normalized spacial score (nSPS) is 14.5. The summed E-state index contributed by atoms with van der Waals surface area (Å²) < 4.78 is 1.73. The van der Waals surface area contributed by atoms with Gasteiger partial charge in [0.15, 0.2) is 11.2 Å². The predicted molar refractivity (Wildman–Crippen MR) is 72.7 cm³/mol. The van der Waals surface area contributed by atoms with Crippen molar-refractivity contribution in [2.45, 2.75) is 19.9 Å². The van der Waals surface area contributed by atoms with E-state index in [1.807, 2.05) is 13.8 Å². The number of imidazole rings is 1. The quantitative estimate of drug-likeness (QED) is 0.694. The fourth-order valence-electron chi connectivity index (χ4n) is 1.93. The van der Waals surface area contributed by atoms with Gasteiger partial charge in [-0.3, -0.25) is 9.78 Å². The van der Waals surface area contributed by atoms with Crippen molar-refractivity contribution in [2.24, 2.45) is 5.92 Å². The van der Waals surface area contributed by atoms with Gasteiger partial charge < -0.3 is 15.4 Å². The first kappa shape index (κ1) is 13.3. The van der Waals surface area contributed by atoms with Gasteiger partial charge in [-0.2, -0.15) is 4.98 Å². The Bertz CT molecular complexity index is 672. The molecule has 7 heteroatoms. The molecule has 2 aromatic rings. The predicted octanol–water partition coefficient (Wildman–Crippen LogP) is 0.447. The fraction of sp³-hybridized carbons (Fsp3) is 0.417. The lowest BCUT2D eigenvalue weighted by Crippen LogP contribution is -2.16. The van der Waals surface area contributed by atoms with E-state index in [2.05, 4.69) is 21.5 Å². The Balaban J connectivity index is 2.52. The number of nitrogens with two attached hydrogens (primary N) is 1. The standard InChI is InChI=1S/C12H17N5O2/c1-6(4-18)7(2)8(3)17-5-14-9-10(17)15-12(13)16-11(9)19/h5-6,8,18H,2,4H2,1,3H3,(H3,13,15,16,19)/t6-,8-/m0/s1. The monoisotopic (exact) mass is 263 g/mol. The first-order chi connectivity index (χ1) is 8.95. The largest absolute Gasteiger partial charge is 0.396 e. The third-order valence-electron chi connectivity index (χ3n) is 3.31. The maximum Gasteiger partial charge on any atom is 0.280 e. The highest BCUT2D eigenvalue weighted by molar-refractivity contribution is 5.70. The Labute approximate surface area is 109 Å². The second kappa shape index (κ2) is 4.85. The van der Waals surface area contributed by atoms with E-state index in [1.165, 1.54) is 6.33 Å². The molecular formula is C12H17N5O2. The molecule has 0 aromatic carbocycles. The highest BCUT2D eigenvalue weighted by atomic mass is 16.3. The van der Waals surface area contributed by atoms with Gasteiger partial charge in [-0.15, -0.1) is 0 Å². The second-order valence-electron chi connectivity index (χ2n) is 4.61. The SMILES string of the molecule is C=C([C@@H](C)CO)[C@H](C)n1cnc2c(=O)[nH]c(N)nc21. The summed E-state index contributed by atoms with van der Waals surface area (Å²) in [5, 5.41) is 9.18. The van der Waals surface area contributed by atoms with E-state index in [-0.39, 0.29) is 35.6 Å². The summed E-state index contributed by atoms with van der Waals surface area (Å²) in [4.78, 5) is 22.2. The van der Waals surface area contributed by atoms with Gasteiger partial charge in [-0.25, -0.2) is 4.98 Å². The number of fused-ring (bicyclic) bond motifs is 1. The van der Waals surface area contributed by atoms with Crippen LogP contribution in [0.2, 0.25) is 0 Å². The van der Waals surface area contributed by atoms with Gasteiger partial charge in [0.1, 0.15) is 0 Å². The first-order valence-electron chi connectivity index (χ1n) is 5.97. The smallest absolute Gasteiger partial charge is 0.280 e. The summed E-state index contributed by atoms with van der Waals surface area (Å²) in [6.45, 7) is 7.79. The zero-order valence-electron chi connectivity index (χ0n) is 10.9. The topological polar surface area (TPSA) is 110 Å². The van der Waals surface area contributed by atoms with E-state index in [4.69, 9.17) is 5.73 Å². The molecule has 0 aliphatic rings. The van der Waals surface area contributed by atoms with E-state index in [0.29, 0.717) is 5.65 Å². The van der Waals surface area contributed by atoms with Crippen LogP contribution in [0, 0.1) is 5.92 Å². The summed E-state index contributed by atoms with van der Waals surface area (Å²) in [5.41, 5.74) is 6.67.